The molecule has 1 heteroatoms. The fourth-order valence-corrected chi connectivity index (χ4v) is 6.97. The van der Waals surface area contributed by atoms with Gasteiger partial charge in [-0.25, -0.2) is 0 Å². The number of fused-ring (bicyclic) bond motifs is 1. The first-order valence-corrected chi connectivity index (χ1v) is 9.20. The predicted molar refractivity (Wildman–Crippen MR) is 91.5 cm³/mol. The van der Waals surface area contributed by atoms with E-state index in [9.17, 15) is 0 Å². The molecule has 0 unspecified atom stereocenters. The molecule has 2 aromatic rings. The first kappa shape index (κ1) is 12.7. The van der Waals surface area contributed by atoms with Crippen molar-refractivity contribution in [2.24, 2.45) is 17.8 Å². The van der Waals surface area contributed by atoms with Crippen LogP contribution in [0, 0.1) is 17.8 Å². The monoisotopic (exact) mass is 340 g/mol. The molecule has 0 heterocycles. The van der Waals surface area contributed by atoms with E-state index in [0.29, 0.717) is 5.41 Å². The number of hydrogen-bond donors (Lipinski definition) is 0. The van der Waals surface area contributed by atoms with Crippen LogP contribution in [0.15, 0.2) is 40.9 Å². The van der Waals surface area contributed by atoms with Crippen LogP contribution in [0.25, 0.3) is 10.8 Å². The van der Waals surface area contributed by atoms with Gasteiger partial charge in [-0.3, -0.25) is 0 Å². The van der Waals surface area contributed by atoms with Crippen LogP contribution in [0.1, 0.15) is 44.1 Å². The average molecular weight is 341 g/mol. The van der Waals surface area contributed by atoms with Crippen molar-refractivity contribution in [1.29, 1.82) is 0 Å². The third-order valence-electron chi connectivity index (χ3n) is 6.45. The SMILES string of the molecule is Brc1ccc2ccccc2c1C12CC3CC(CC(C3)C1)C2. The molecule has 2 aromatic carbocycles. The summed E-state index contributed by atoms with van der Waals surface area (Å²) in [6.45, 7) is 0. The zero-order chi connectivity index (χ0) is 14.0. The van der Waals surface area contributed by atoms with Crippen LogP contribution in [-0.2, 0) is 5.41 Å². The van der Waals surface area contributed by atoms with E-state index in [2.05, 4.69) is 52.3 Å². The molecular weight excluding hydrogens is 320 g/mol. The van der Waals surface area contributed by atoms with Gasteiger partial charge in [0, 0.05) is 4.47 Å². The van der Waals surface area contributed by atoms with Crippen LogP contribution in [-0.4, -0.2) is 0 Å². The molecule has 0 aromatic heterocycles. The van der Waals surface area contributed by atoms with Crippen LogP contribution in [0.5, 0.6) is 0 Å². The fraction of sp³-hybridized carbons (Fsp3) is 0.500. The van der Waals surface area contributed by atoms with Gasteiger partial charge < -0.3 is 0 Å². The van der Waals surface area contributed by atoms with Crippen molar-refractivity contribution in [2.75, 3.05) is 0 Å². The van der Waals surface area contributed by atoms with Crippen LogP contribution in [0.4, 0.5) is 0 Å². The average Bonchev–Trinajstić information content (AvgIpc) is 2.45. The lowest BCUT2D eigenvalue weighted by Crippen LogP contribution is -2.48. The summed E-state index contributed by atoms with van der Waals surface area (Å²) in [5.41, 5.74) is 2.11. The Morgan fingerprint density at radius 3 is 2.10 bits per heavy atom. The predicted octanol–water partition coefficient (Wildman–Crippen LogP) is 6.07. The third kappa shape index (κ3) is 1.79. The summed E-state index contributed by atoms with van der Waals surface area (Å²) in [4.78, 5) is 0. The molecule has 0 nitrogen and oxygen atoms in total. The Morgan fingerprint density at radius 2 is 1.43 bits per heavy atom. The number of rotatable bonds is 1. The summed E-state index contributed by atoms with van der Waals surface area (Å²) >= 11 is 3.91. The molecule has 4 fully saturated rings. The van der Waals surface area contributed by atoms with Crippen molar-refractivity contribution in [3.05, 3.63) is 46.4 Å². The van der Waals surface area contributed by atoms with E-state index in [1.54, 1.807) is 5.56 Å². The van der Waals surface area contributed by atoms with E-state index in [-0.39, 0.29) is 0 Å². The highest BCUT2D eigenvalue weighted by atomic mass is 79.9. The molecule has 4 saturated carbocycles. The van der Waals surface area contributed by atoms with Crippen molar-refractivity contribution in [3.8, 4) is 0 Å². The quantitative estimate of drug-likeness (QED) is 0.590. The normalized spacial score (nSPS) is 37.3. The molecule has 0 aliphatic heterocycles. The van der Waals surface area contributed by atoms with Gasteiger partial charge in [-0.2, -0.15) is 0 Å². The highest BCUT2D eigenvalue weighted by Crippen LogP contribution is 2.62. The number of hydrogen-bond acceptors (Lipinski definition) is 0. The van der Waals surface area contributed by atoms with Gasteiger partial charge in [-0.1, -0.05) is 46.3 Å². The number of halogens is 1. The topological polar surface area (TPSA) is 0 Å². The van der Waals surface area contributed by atoms with Crippen molar-refractivity contribution in [3.63, 3.8) is 0 Å². The second-order valence-corrected chi connectivity index (χ2v) is 8.70. The van der Waals surface area contributed by atoms with Gasteiger partial charge in [0.25, 0.3) is 0 Å². The van der Waals surface area contributed by atoms with E-state index in [4.69, 9.17) is 0 Å². The summed E-state index contributed by atoms with van der Waals surface area (Å²) in [6, 6.07) is 13.5. The summed E-state index contributed by atoms with van der Waals surface area (Å²) in [5.74, 6) is 3.01. The largest absolute Gasteiger partial charge is 0.0616 e. The maximum atomic E-state index is 3.91. The van der Waals surface area contributed by atoms with Gasteiger partial charge >= 0.3 is 0 Å². The Morgan fingerprint density at radius 1 is 0.810 bits per heavy atom. The van der Waals surface area contributed by atoms with Gasteiger partial charge in [-0.15, -0.1) is 0 Å². The van der Waals surface area contributed by atoms with Gasteiger partial charge in [0.05, 0.1) is 0 Å². The molecule has 0 spiro atoms. The van der Waals surface area contributed by atoms with Gasteiger partial charge in [-0.05, 0) is 84.1 Å². The van der Waals surface area contributed by atoms with E-state index >= 15 is 0 Å². The summed E-state index contributed by atoms with van der Waals surface area (Å²) in [5, 5.41) is 2.90. The minimum Gasteiger partial charge on any atom is -0.0616 e. The molecule has 0 radical (unpaired) electrons. The Balaban J connectivity index is 1.75. The lowest BCUT2D eigenvalue weighted by Gasteiger charge is -2.57. The summed E-state index contributed by atoms with van der Waals surface area (Å²) in [7, 11) is 0. The Kier molecular flexibility index (Phi) is 2.63. The highest BCUT2D eigenvalue weighted by molar-refractivity contribution is 9.10. The Hall–Kier alpha value is -0.820. The van der Waals surface area contributed by atoms with E-state index in [1.807, 2.05) is 0 Å². The van der Waals surface area contributed by atoms with Crippen molar-refractivity contribution >= 4 is 26.7 Å². The zero-order valence-electron chi connectivity index (χ0n) is 12.3. The standard InChI is InChI=1S/C20H21Br/c21-18-6-5-16-3-1-2-4-17(16)19(18)20-10-13-7-14(11-20)9-15(8-13)12-20/h1-6,13-15H,7-12H2. The first-order chi connectivity index (χ1) is 10.2. The maximum Gasteiger partial charge on any atom is 0.0219 e. The smallest absolute Gasteiger partial charge is 0.0219 e. The third-order valence-corrected chi connectivity index (χ3v) is 7.11. The summed E-state index contributed by atoms with van der Waals surface area (Å²) < 4.78 is 1.35. The van der Waals surface area contributed by atoms with E-state index in [1.165, 1.54) is 53.8 Å². The molecule has 0 saturated heterocycles. The molecule has 4 aliphatic rings. The van der Waals surface area contributed by atoms with Crippen molar-refractivity contribution in [2.45, 2.75) is 43.9 Å². The van der Waals surface area contributed by atoms with Gasteiger partial charge in [0.1, 0.15) is 0 Å². The molecule has 0 amide bonds. The minimum absolute atomic E-state index is 0.467. The fourth-order valence-electron chi connectivity index (χ4n) is 6.20. The van der Waals surface area contributed by atoms with Crippen LogP contribution < -0.4 is 0 Å². The lowest BCUT2D eigenvalue weighted by molar-refractivity contribution is -0.00481. The second kappa shape index (κ2) is 4.35. The maximum absolute atomic E-state index is 3.91. The molecule has 4 aliphatic carbocycles. The molecule has 0 atom stereocenters. The highest BCUT2D eigenvalue weighted by Gasteiger charge is 2.52. The van der Waals surface area contributed by atoms with Gasteiger partial charge in [0.2, 0.25) is 0 Å². The zero-order valence-corrected chi connectivity index (χ0v) is 13.9. The van der Waals surface area contributed by atoms with Gasteiger partial charge in [0.15, 0.2) is 0 Å². The Bertz CT molecular complexity index is 680. The number of benzene rings is 2. The first-order valence-electron chi connectivity index (χ1n) is 8.41. The van der Waals surface area contributed by atoms with E-state index in [0.717, 1.165) is 17.8 Å². The minimum atomic E-state index is 0.467. The summed E-state index contributed by atoms with van der Waals surface area (Å²) in [6.07, 6.45) is 8.85. The second-order valence-electron chi connectivity index (χ2n) is 7.84. The van der Waals surface area contributed by atoms with E-state index < -0.39 is 0 Å². The lowest BCUT2D eigenvalue weighted by atomic mass is 9.48. The van der Waals surface area contributed by atoms with Crippen LogP contribution >= 0.6 is 15.9 Å². The molecule has 6 rings (SSSR count). The van der Waals surface area contributed by atoms with Crippen molar-refractivity contribution < 1.29 is 0 Å². The molecule has 0 N–H and O–H groups in total. The Labute approximate surface area is 135 Å². The molecule has 4 bridgehead atoms. The molecule has 21 heavy (non-hydrogen) atoms. The van der Waals surface area contributed by atoms with Crippen LogP contribution in [0.2, 0.25) is 0 Å². The molecule has 108 valence electrons. The van der Waals surface area contributed by atoms with Crippen molar-refractivity contribution in [1.82, 2.24) is 0 Å². The van der Waals surface area contributed by atoms with Crippen LogP contribution in [0.3, 0.4) is 0 Å². The molecular formula is C20H21Br.